The number of halogens is 2. The largest absolute Gasteiger partial charge is 0.369 e. The molecule has 2 aromatic heterocycles. The van der Waals surface area contributed by atoms with Crippen LogP contribution in [0.2, 0.25) is 10.0 Å². The molecule has 27 heavy (non-hydrogen) atoms. The molecule has 0 atom stereocenters. The molecule has 0 amide bonds. The van der Waals surface area contributed by atoms with Crippen molar-refractivity contribution in [2.45, 2.75) is 25.8 Å². The predicted octanol–water partition coefficient (Wildman–Crippen LogP) is 3.89. The molecular formula is C19H19Cl2N5O. The predicted molar refractivity (Wildman–Crippen MR) is 107 cm³/mol. The summed E-state index contributed by atoms with van der Waals surface area (Å²) in [5, 5.41) is 9.41. The van der Waals surface area contributed by atoms with Crippen LogP contribution in [0.3, 0.4) is 0 Å². The molecule has 3 heterocycles. The van der Waals surface area contributed by atoms with Crippen LogP contribution in [-0.2, 0) is 0 Å². The van der Waals surface area contributed by atoms with Gasteiger partial charge in [-0.1, -0.05) is 29.3 Å². The molecule has 0 N–H and O–H groups in total. The van der Waals surface area contributed by atoms with Gasteiger partial charge in [0, 0.05) is 30.5 Å². The first-order valence-corrected chi connectivity index (χ1v) is 9.58. The van der Waals surface area contributed by atoms with Crippen LogP contribution in [0.5, 0.6) is 0 Å². The van der Waals surface area contributed by atoms with E-state index >= 15 is 0 Å². The molecule has 0 unspecified atom stereocenters. The summed E-state index contributed by atoms with van der Waals surface area (Å²) in [6.07, 6.45) is 7.32. The van der Waals surface area contributed by atoms with Crippen molar-refractivity contribution in [2.75, 3.05) is 18.0 Å². The molecular weight excluding hydrogens is 385 g/mol. The first-order chi connectivity index (χ1) is 13.0. The fourth-order valence-electron chi connectivity index (χ4n) is 3.41. The van der Waals surface area contributed by atoms with Crippen molar-refractivity contribution in [3.8, 4) is 5.69 Å². The SMILES string of the molecule is Cc1ccc(-n2ncc(N3CCC(n4cccn4)CC3)c(Cl)c2=O)cc1Cl. The minimum Gasteiger partial charge on any atom is -0.369 e. The van der Waals surface area contributed by atoms with Gasteiger partial charge in [-0.2, -0.15) is 14.9 Å². The van der Waals surface area contributed by atoms with Crippen molar-refractivity contribution < 1.29 is 0 Å². The van der Waals surface area contributed by atoms with Gasteiger partial charge >= 0.3 is 0 Å². The Hall–Kier alpha value is -2.31. The average Bonchev–Trinajstić information content (AvgIpc) is 3.21. The van der Waals surface area contributed by atoms with Gasteiger partial charge in [-0.05, 0) is 43.5 Å². The summed E-state index contributed by atoms with van der Waals surface area (Å²) in [5.41, 5.74) is 1.87. The van der Waals surface area contributed by atoms with Gasteiger partial charge in [0.1, 0.15) is 5.02 Å². The lowest BCUT2D eigenvalue weighted by Crippen LogP contribution is -2.36. The Morgan fingerprint density at radius 1 is 1.15 bits per heavy atom. The Bertz CT molecular complexity index is 1010. The second kappa shape index (κ2) is 7.37. The van der Waals surface area contributed by atoms with Crippen molar-refractivity contribution in [3.05, 3.63) is 68.8 Å². The zero-order valence-corrected chi connectivity index (χ0v) is 16.4. The van der Waals surface area contributed by atoms with E-state index in [1.807, 2.05) is 29.9 Å². The third kappa shape index (κ3) is 3.47. The van der Waals surface area contributed by atoms with E-state index in [9.17, 15) is 4.79 Å². The molecule has 1 aliphatic heterocycles. The van der Waals surface area contributed by atoms with Crippen molar-refractivity contribution in [3.63, 3.8) is 0 Å². The van der Waals surface area contributed by atoms with Gasteiger partial charge in [-0.3, -0.25) is 9.48 Å². The topological polar surface area (TPSA) is 56.0 Å². The number of piperidine rings is 1. The van der Waals surface area contributed by atoms with E-state index in [0.717, 1.165) is 31.5 Å². The number of aryl methyl sites for hydroxylation is 1. The summed E-state index contributed by atoms with van der Waals surface area (Å²) in [6, 6.07) is 7.69. The summed E-state index contributed by atoms with van der Waals surface area (Å²) >= 11 is 12.6. The van der Waals surface area contributed by atoms with Crippen LogP contribution in [0.15, 0.2) is 47.7 Å². The molecule has 3 aromatic rings. The van der Waals surface area contributed by atoms with Crippen LogP contribution in [0.4, 0.5) is 5.69 Å². The van der Waals surface area contributed by atoms with E-state index in [4.69, 9.17) is 23.2 Å². The maximum absolute atomic E-state index is 12.8. The Kier molecular flexibility index (Phi) is 4.93. The van der Waals surface area contributed by atoms with Crippen LogP contribution in [0.1, 0.15) is 24.4 Å². The molecule has 0 aliphatic carbocycles. The number of nitrogens with zero attached hydrogens (tertiary/aromatic N) is 5. The molecule has 140 valence electrons. The number of benzene rings is 1. The lowest BCUT2D eigenvalue weighted by Gasteiger charge is -2.33. The van der Waals surface area contributed by atoms with E-state index in [-0.39, 0.29) is 10.6 Å². The Morgan fingerprint density at radius 2 is 1.93 bits per heavy atom. The molecule has 1 aliphatic rings. The normalized spacial score (nSPS) is 15.3. The Labute approximate surface area is 166 Å². The molecule has 0 saturated carbocycles. The molecule has 1 fully saturated rings. The fourth-order valence-corrected chi connectivity index (χ4v) is 3.83. The number of anilines is 1. The van der Waals surface area contributed by atoms with Crippen LogP contribution in [0.25, 0.3) is 5.69 Å². The van der Waals surface area contributed by atoms with Crippen molar-refractivity contribution >= 4 is 28.9 Å². The molecule has 0 radical (unpaired) electrons. The van der Waals surface area contributed by atoms with Crippen LogP contribution in [0, 0.1) is 6.92 Å². The van der Waals surface area contributed by atoms with Gasteiger partial charge in [-0.25, -0.2) is 0 Å². The van der Waals surface area contributed by atoms with Crippen LogP contribution < -0.4 is 10.5 Å². The summed E-state index contributed by atoms with van der Waals surface area (Å²) in [5.74, 6) is 0. The number of hydrogen-bond acceptors (Lipinski definition) is 4. The lowest BCUT2D eigenvalue weighted by molar-refractivity contribution is 0.366. The highest BCUT2D eigenvalue weighted by molar-refractivity contribution is 6.33. The molecule has 0 spiro atoms. The standard InChI is InChI=1S/C19H19Cl2N5O/c1-13-3-4-15(11-16(13)20)26-19(27)18(21)17(12-23-26)24-9-5-14(6-10-24)25-8-2-7-22-25/h2-4,7-8,11-12,14H,5-6,9-10H2,1H3. The van der Waals surface area contributed by atoms with E-state index in [2.05, 4.69) is 15.1 Å². The van der Waals surface area contributed by atoms with E-state index < -0.39 is 0 Å². The van der Waals surface area contributed by atoms with Crippen LogP contribution >= 0.6 is 23.2 Å². The minimum atomic E-state index is -0.344. The molecule has 8 heteroatoms. The van der Waals surface area contributed by atoms with Gasteiger partial charge in [0.25, 0.3) is 5.56 Å². The third-order valence-corrected chi connectivity index (χ3v) is 5.77. The first kappa shape index (κ1) is 18.1. The number of aromatic nitrogens is 4. The van der Waals surface area contributed by atoms with E-state index in [1.165, 1.54) is 4.68 Å². The Balaban J connectivity index is 1.57. The highest BCUT2D eigenvalue weighted by Crippen LogP contribution is 2.29. The minimum absolute atomic E-state index is 0.180. The van der Waals surface area contributed by atoms with Gasteiger partial charge in [0.15, 0.2) is 0 Å². The average molecular weight is 404 g/mol. The van der Waals surface area contributed by atoms with Gasteiger partial charge in [0.2, 0.25) is 0 Å². The van der Waals surface area contributed by atoms with Gasteiger partial charge in [0.05, 0.1) is 23.6 Å². The zero-order valence-electron chi connectivity index (χ0n) is 14.8. The third-order valence-electron chi connectivity index (χ3n) is 5.00. The second-order valence-corrected chi connectivity index (χ2v) is 7.48. The number of rotatable bonds is 3. The zero-order chi connectivity index (χ0) is 19.0. The quantitative estimate of drug-likeness (QED) is 0.665. The smallest absolute Gasteiger partial charge is 0.292 e. The van der Waals surface area contributed by atoms with E-state index in [0.29, 0.717) is 22.4 Å². The second-order valence-electron chi connectivity index (χ2n) is 6.70. The van der Waals surface area contributed by atoms with Crippen LogP contribution in [-0.4, -0.2) is 32.7 Å². The summed E-state index contributed by atoms with van der Waals surface area (Å²) in [6.45, 7) is 3.50. The maximum Gasteiger partial charge on any atom is 0.292 e. The molecule has 4 rings (SSSR count). The maximum atomic E-state index is 12.8. The van der Waals surface area contributed by atoms with Crippen molar-refractivity contribution in [2.24, 2.45) is 0 Å². The molecule has 0 bridgehead atoms. The number of hydrogen-bond donors (Lipinski definition) is 0. The fraction of sp³-hybridized carbons (Fsp3) is 0.316. The highest BCUT2D eigenvalue weighted by atomic mass is 35.5. The van der Waals surface area contributed by atoms with Gasteiger partial charge in [-0.15, -0.1) is 0 Å². The lowest BCUT2D eigenvalue weighted by atomic mass is 10.0. The molecule has 1 aromatic carbocycles. The summed E-state index contributed by atoms with van der Waals surface area (Å²) < 4.78 is 3.28. The highest BCUT2D eigenvalue weighted by Gasteiger charge is 2.24. The first-order valence-electron chi connectivity index (χ1n) is 8.83. The Morgan fingerprint density at radius 3 is 2.59 bits per heavy atom. The van der Waals surface area contributed by atoms with Crippen molar-refractivity contribution in [1.29, 1.82) is 0 Å². The molecule has 6 nitrogen and oxygen atoms in total. The summed E-state index contributed by atoms with van der Waals surface area (Å²) in [7, 11) is 0. The van der Waals surface area contributed by atoms with Gasteiger partial charge < -0.3 is 4.90 Å². The monoisotopic (exact) mass is 403 g/mol. The van der Waals surface area contributed by atoms with E-state index in [1.54, 1.807) is 24.5 Å². The molecule has 1 saturated heterocycles. The summed E-state index contributed by atoms with van der Waals surface area (Å²) in [4.78, 5) is 14.9. The van der Waals surface area contributed by atoms with Crippen molar-refractivity contribution in [1.82, 2.24) is 19.6 Å².